The van der Waals surface area contributed by atoms with Gasteiger partial charge >= 0.3 is 11.9 Å². The lowest BCUT2D eigenvalue weighted by Gasteiger charge is -2.22. The number of carbonyl (C=O) groups excluding carboxylic acids is 2. The first-order valence-electron chi connectivity index (χ1n) is 19.2. The van der Waals surface area contributed by atoms with Gasteiger partial charge in [-0.25, -0.2) is 9.59 Å². The van der Waals surface area contributed by atoms with Gasteiger partial charge in [0.25, 0.3) is 0 Å². The van der Waals surface area contributed by atoms with Crippen LogP contribution in [0.25, 0.3) is 0 Å². The van der Waals surface area contributed by atoms with E-state index in [0.717, 1.165) is 35.7 Å². The molecule has 0 saturated heterocycles. The fourth-order valence-corrected chi connectivity index (χ4v) is 7.61. The summed E-state index contributed by atoms with van der Waals surface area (Å²) in [6, 6.07) is 0. The first kappa shape index (κ1) is 42.9. The van der Waals surface area contributed by atoms with E-state index in [4.69, 9.17) is 9.47 Å². The standard InChI is InChI=1S/C39H71NO4S2/c1-5-7-9-11-13-15-17-19-21-23-29-45-31-25-27-43-38(41)36-33-37(35(4)40-34(36)3)39(42)44-28-26-32-46-30-24-22-20-18-16-14-12-10-8-6-2/h40H,5-33H2,1-4H3. The molecule has 0 aromatic carbocycles. The van der Waals surface area contributed by atoms with Gasteiger partial charge in [0.2, 0.25) is 0 Å². The molecule has 1 aliphatic rings. The Balaban J connectivity index is 2.06. The third-order valence-electron chi connectivity index (χ3n) is 8.74. The molecule has 268 valence electrons. The molecule has 5 nitrogen and oxygen atoms in total. The van der Waals surface area contributed by atoms with Crippen molar-refractivity contribution < 1.29 is 19.1 Å². The maximum absolute atomic E-state index is 12.8. The highest BCUT2D eigenvalue weighted by molar-refractivity contribution is 7.99. The number of carbonyl (C=O) groups is 2. The van der Waals surface area contributed by atoms with E-state index < -0.39 is 0 Å². The smallest absolute Gasteiger partial charge is 0.336 e. The molecule has 0 aromatic heterocycles. The molecule has 1 N–H and O–H groups in total. The van der Waals surface area contributed by atoms with Crippen LogP contribution in [-0.2, 0) is 19.1 Å². The molecule has 0 spiro atoms. The normalized spacial score (nSPS) is 13.3. The second-order valence-electron chi connectivity index (χ2n) is 13.1. The maximum Gasteiger partial charge on any atom is 0.336 e. The lowest BCUT2D eigenvalue weighted by atomic mass is 9.98. The molecule has 0 bridgehead atoms. The number of thioether (sulfide) groups is 2. The van der Waals surface area contributed by atoms with Crippen LogP contribution in [0.2, 0.25) is 0 Å². The Labute approximate surface area is 293 Å². The molecule has 1 heterocycles. The van der Waals surface area contributed by atoms with Gasteiger partial charge in [-0.15, -0.1) is 0 Å². The predicted molar refractivity (Wildman–Crippen MR) is 203 cm³/mol. The summed E-state index contributed by atoms with van der Waals surface area (Å²) in [4.78, 5) is 25.6. The van der Waals surface area contributed by atoms with Crippen LogP contribution in [0.3, 0.4) is 0 Å². The lowest BCUT2D eigenvalue weighted by molar-refractivity contribution is -0.139. The number of nitrogens with one attached hydrogen (secondary N) is 1. The minimum absolute atomic E-state index is 0.267. The summed E-state index contributed by atoms with van der Waals surface area (Å²) < 4.78 is 11.2. The van der Waals surface area contributed by atoms with Gasteiger partial charge in [-0.1, -0.05) is 129 Å². The third-order valence-corrected chi connectivity index (χ3v) is 11.1. The summed E-state index contributed by atoms with van der Waals surface area (Å²) in [7, 11) is 0. The van der Waals surface area contributed by atoms with E-state index in [-0.39, 0.29) is 18.4 Å². The van der Waals surface area contributed by atoms with E-state index in [1.807, 2.05) is 37.4 Å². The number of esters is 2. The van der Waals surface area contributed by atoms with Gasteiger partial charge in [0.05, 0.1) is 24.4 Å². The second kappa shape index (κ2) is 31.2. The van der Waals surface area contributed by atoms with E-state index in [0.29, 0.717) is 24.4 Å². The molecule has 0 aromatic rings. The minimum Gasteiger partial charge on any atom is -0.462 e. The number of allylic oxidation sites excluding steroid dienone is 2. The van der Waals surface area contributed by atoms with Crippen molar-refractivity contribution in [2.45, 2.75) is 175 Å². The van der Waals surface area contributed by atoms with Crippen LogP contribution in [0.5, 0.6) is 0 Å². The van der Waals surface area contributed by atoms with Crippen LogP contribution in [0.4, 0.5) is 0 Å². The summed E-state index contributed by atoms with van der Waals surface area (Å²) >= 11 is 3.92. The first-order chi connectivity index (χ1) is 22.5. The monoisotopic (exact) mass is 681 g/mol. The predicted octanol–water partition coefficient (Wildman–Crippen LogP) is 11.7. The van der Waals surface area contributed by atoms with Gasteiger partial charge in [-0.3, -0.25) is 0 Å². The Kier molecular flexibility index (Phi) is 29.1. The van der Waals surface area contributed by atoms with Crippen molar-refractivity contribution in [3.8, 4) is 0 Å². The van der Waals surface area contributed by atoms with E-state index in [1.54, 1.807) is 0 Å². The highest BCUT2D eigenvalue weighted by Gasteiger charge is 2.26. The van der Waals surface area contributed by atoms with Crippen molar-refractivity contribution in [1.29, 1.82) is 0 Å². The average molecular weight is 682 g/mol. The molecule has 0 amide bonds. The lowest BCUT2D eigenvalue weighted by Crippen LogP contribution is -2.27. The van der Waals surface area contributed by atoms with Gasteiger partial charge in [-0.2, -0.15) is 23.5 Å². The fraction of sp³-hybridized carbons (Fsp3) is 0.846. The van der Waals surface area contributed by atoms with Crippen molar-refractivity contribution in [2.75, 3.05) is 36.2 Å². The minimum atomic E-state index is -0.328. The average Bonchev–Trinajstić information content (AvgIpc) is 3.04. The largest absolute Gasteiger partial charge is 0.462 e. The van der Waals surface area contributed by atoms with Crippen LogP contribution in [0.15, 0.2) is 22.5 Å². The molecule has 1 rings (SSSR count). The molecule has 7 heteroatoms. The summed E-state index contributed by atoms with van der Waals surface area (Å²) in [6.07, 6.45) is 29.3. The van der Waals surface area contributed by atoms with Crippen LogP contribution in [0, 0.1) is 0 Å². The van der Waals surface area contributed by atoms with Gasteiger partial charge < -0.3 is 14.8 Å². The Morgan fingerprint density at radius 3 is 1.15 bits per heavy atom. The zero-order valence-electron chi connectivity index (χ0n) is 30.5. The van der Waals surface area contributed by atoms with Gasteiger partial charge in [0.1, 0.15) is 0 Å². The maximum atomic E-state index is 12.8. The van der Waals surface area contributed by atoms with E-state index in [2.05, 4.69) is 19.2 Å². The number of dihydropyridines is 1. The van der Waals surface area contributed by atoms with Gasteiger partial charge in [0.15, 0.2) is 0 Å². The number of hydrogen-bond donors (Lipinski definition) is 1. The van der Waals surface area contributed by atoms with E-state index >= 15 is 0 Å². The Hall–Kier alpha value is -1.08. The highest BCUT2D eigenvalue weighted by atomic mass is 32.2. The summed E-state index contributed by atoms with van der Waals surface area (Å²) in [5.74, 6) is 3.74. The zero-order valence-corrected chi connectivity index (χ0v) is 32.1. The van der Waals surface area contributed by atoms with Crippen LogP contribution in [-0.4, -0.2) is 48.2 Å². The second-order valence-corrected chi connectivity index (χ2v) is 15.5. The summed E-state index contributed by atoms with van der Waals surface area (Å²) in [5, 5.41) is 3.20. The summed E-state index contributed by atoms with van der Waals surface area (Å²) in [6.45, 7) is 9.12. The molecule has 1 aliphatic heterocycles. The number of rotatable bonds is 32. The number of hydrogen-bond acceptors (Lipinski definition) is 7. The van der Waals surface area contributed by atoms with Crippen LogP contribution < -0.4 is 5.32 Å². The molecule has 0 fully saturated rings. The molecular weight excluding hydrogens is 611 g/mol. The Bertz CT molecular complexity index is 776. The fourth-order valence-electron chi connectivity index (χ4n) is 5.74. The van der Waals surface area contributed by atoms with Crippen LogP contribution >= 0.6 is 23.5 Å². The summed E-state index contributed by atoms with van der Waals surface area (Å²) in [5.41, 5.74) is 2.58. The van der Waals surface area contributed by atoms with Crippen molar-refractivity contribution in [3.63, 3.8) is 0 Å². The molecule has 0 aliphatic carbocycles. The Morgan fingerprint density at radius 2 is 0.804 bits per heavy atom. The van der Waals surface area contributed by atoms with Crippen LogP contribution in [0.1, 0.15) is 175 Å². The number of unbranched alkanes of at least 4 members (excludes halogenated alkanes) is 18. The molecular formula is C39H71NO4S2. The zero-order chi connectivity index (χ0) is 33.5. The molecule has 0 atom stereocenters. The molecule has 0 radical (unpaired) electrons. The Morgan fingerprint density at radius 1 is 0.500 bits per heavy atom. The van der Waals surface area contributed by atoms with E-state index in [1.165, 1.54) is 140 Å². The van der Waals surface area contributed by atoms with Gasteiger partial charge in [-0.05, 0) is 62.5 Å². The molecule has 0 unspecified atom stereocenters. The van der Waals surface area contributed by atoms with E-state index in [9.17, 15) is 9.59 Å². The topological polar surface area (TPSA) is 64.6 Å². The first-order valence-corrected chi connectivity index (χ1v) is 21.5. The van der Waals surface area contributed by atoms with Gasteiger partial charge in [0, 0.05) is 17.8 Å². The highest BCUT2D eigenvalue weighted by Crippen LogP contribution is 2.25. The quantitative estimate of drug-likeness (QED) is 0.0560. The SMILES string of the molecule is CCCCCCCCCCCCSCCCOC(=O)C1=C(C)NC(C)=C(C(=O)OCCCSCCCCCCCCCCCC)C1. The number of ether oxygens (including phenoxy) is 2. The molecule has 0 saturated carbocycles. The van der Waals surface area contributed by atoms with Crippen molar-refractivity contribution in [2.24, 2.45) is 0 Å². The third kappa shape index (κ3) is 23.3. The van der Waals surface area contributed by atoms with Crippen molar-refractivity contribution in [3.05, 3.63) is 22.5 Å². The van der Waals surface area contributed by atoms with Crippen molar-refractivity contribution in [1.82, 2.24) is 5.32 Å². The van der Waals surface area contributed by atoms with Crippen molar-refractivity contribution >= 4 is 35.5 Å². The molecule has 46 heavy (non-hydrogen) atoms.